The van der Waals surface area contributed by atoms with E-state index < -0.39 is 5.41 Å². The molecule has 0 aromatic carbocycles. The lowest BCUT2D eigenvalue weighted by Gasteiger charge is -2.32. The van der Waals surface area contributed by atoms with Crippen molar-refractivity contribution in [2.75, 3.05) is 19.6 Å². The summed E-state index contributed by atoms with van der Waals surface area (Å²) in [6, 6.07) is 0. The maximum atomic E-state index is 11.8. The molecule has 0 spiro atoms. The van der Waals surface area contributed by atoms with Gasteiger partial charge in [-0.2, -0.15) is 0 Å². The fourth-order valence-electron chi connectivity index (χ4n) is 1.98. The first-order valence-corrected chi connectivity index (χ1v) is 7.42. The van der Waals surface area contributed by atoms with Gasteiger partial charge in [0.2, 0.25) is 5.91 Å². The van der Waals surface area contributed by atoms with Crippen molar-refractivity contribution >= 4 is 5.91 Å². The summed E-state index contributed by atoms with van der Waals surface area (Å²) in [4.78, 5) is 14.2. The van der Waals surface area contributed by atoms with Crippen LogP contribution in [0.15, 0.2) is 0 Å². The number of rotatable bonds is 9. The zero-order valence-corrected chi connectivity index (χ0v) is 13.6. The van der Waals surface area contributed by atoms with Crippen LogP contribution in [0.2, 0.25) is 0 Å². The number of nitrogens with one attached hydrogen (secondary N) is 1. The Morgan fingerprint density at radius 2 is 1.53 bits per heavy atom. The third-order valence-electron chi connectivity index (χ3n) is 3.41. The fourth-order valence-corrected chi connectivity index (χ4v) is 1.98. The van der Waals surface area contributed by atoms with Crippen LogP contribution in [0.5, 0.6) is 0 Å². The second-order valence-electron chi connectivity index (χ2n) is 7.00. The van der Waals surface area contributed by atoms with Gasteiger partial charge in [-0.25, -0.2) is 5.84 Å². The molecular weight excluding hydrogens is 238 g/mol. The van der Waals surface area contributed by atoms with E-state index in [0.29, 0.717) is 11.8 Å². The molecule has 0 fully saturated rings. The molecule has 0 saturated carbocycles. The first kappa shape index (κ1) is 18.4. The van der Waals surface area contributed by atoms with E-state index in [0.717, 1.165) is 19.6 Å². The van der Waals surface area contributed by atoms with Gasteiger partial charge in [-0.15, -0.1) is 0 Å². The van der Waals surface area contributed by atoms with E-state index in [2.05, 4.69) is 38.0 Å². The lowest BCUT2D eigenvalue weighted by atomic mass is 9.91. The minimum atomic E-state index is -0.442. The number of hydrogen-bond donors (Lipinski definition) is 2. The Balaban J connectivity index is 4.50. The standard InChI is InChI=1S/C15H33N3O/c1-12(2)7-9-18(10-8-13(3)4)11-15(5,6)14(19)17-16/h12-13H,7-11,16H2,1-6H3,(H,17,19). The zero-order chi connectivity index (χ0) is 15.1. The smallest absolute Gasteiger partial charge is 0.240 e. The highest BCUT2D eigenvalue weighted by Crippen LogP contribution is 2.18. The van der Waals surface area contributed by atoms with Gasteiger partial charge >= 0.3 is 0 Å². The molecule has 0 aromatic rings. The number of carbonyl (C=O) groups is 1. The minimum Gasteiger partial charge on any atom is -0.302 e. The largest absolute Gasteiger partial charge is 0.302 e. The van der Waals surface area contributed by atoms with E-state index in [-0.39, 0.29) is 5.91 Å². The van der Waals surface area contributed by atoms with Crippen LogP contribution < -0.4 is 11.3 Å². The molecule has 3 N–H and O–H groups in total. The Morgan fingerprint density at radius 1 is 1.11 bits per heavy atom. The van der Waals surface area contributed by atoms with Crippen LogP contribution in [0.3, 0.4) is 0 Å². The van der Waals surface area contributed by atoms with Gasteiger partial charge in [0, 0.05) is 6.54 Å². The number of carbonyl (C=O) groups excluding carboxylic acids is 1. The lowest BCUT2D eigenvalue weighted by Crippen LogP contribution is -2.47. The molecule has 0 saturated heterocycles. The minimum absolute atomic E-state index is 0.0911. The normalized spacial score (nSPS) is 12.5. The molecule has 0 heterocycles. The van der Waals surface area contributed by atoms with Crippen LogP contribution in [-0.4, -0.2) is 30.4 Å². The molecule has 4 nitrogen and oxygen atoms in total. The molecule has 0 radical (unpaired) electrons. The number of nitrogens with zero attached hydrogens (tertiary/aromatic N) is 1. The second-order valence-corrected chi connectivity index (χ2v) is 7.00. The van der Waals surface area contributed by atoms with Crippen molar-refractivity contribution in [3.63, 3.8) is 0 Å². The molecule has 0 unspecified atom stereocenters. The van der Waals surface area contributed by atoms with E-state index in [4.69, 9.17) is 5.84 Å². The fraction of sp³-hybridized carbons (Fsp3) is 0.933. The van der Waals surface area contributed by atoms with Gasteiger partial charge in [0.1, 0.15) is 0 Å². The predicted octanol–water partition coefficient (Wildman–Crippen LogP) is 2.40. The summed E-state index contributed by atoms with van der Waals surface area (Å²) in [5.74, 6) is 6.55. The number of hydrogen-bond acceptors (Lipinski definition) is 3. The third kappa shape index (κ3) is 8.22. The molecule has 0 aliphatic rings. The van der Waals surface area contributed by atoms with E-state index >= 15 is 0 Å². The van der Waals surface area contributed by atoms with Crippen LogP contribution in [0.4, 0.5) is 0 Å². The van der Waals surface area contributed by atoms with Crippen molar-refractivity contribution in [3.8, 4) is 0 Å². The van der Waals surface area contributed by atoms with Crippen LogP contribution in [0.1, 0.15) is 54.4 Å². The Bertz CT molecular complexity index is 250. The monoisotopic (exact) mass is 271 g/mol. The SMILES string of the molecule is CC(C)CCN(CCC(C)C)CC(C)(C)C(=O)NN. The molecule has 114 valence electrons. The Labute approximate surface area is 119 Å². The molecule has 0 aliphatic heterocycles. The second kappa shape index (κ2) is 8.54. The number of hydrazine groups is 1. The summed E-state index contributed by atoms with van der Waals surface area (Å²) in [6.07, 6.45) is 2.33. The van der Waals surface area contributed by atoms with Crippen molar-refractivity contribution in [1.82, 2.24) is 10.3 Å². The van der Waals surface area contributed by atoms with E-state index in [9.17, 15) is 4.79 Å². The summed E-state index contributed by atoms with van der Waals surface area (Å²) in [7, 11) is 0. The molecule has 4 heteroatoms. The van der Waals surface area contributed by atoms with Crippen LogP contribution in [0.25, 0.3) is 0 Å². The van der Waals surface area contributed by atoms with Gasteiger partial charge in [0.25, 0.3) is 0 Å². The highest BCUT2D eigenvalue weighted by Gasteiger charge is 2.29. The summed E-state index contributed by atoms with van der Waals surface area (Å²) < 4.78 is 0. The van der Waals surface area contributed by atoms with Crippen molar-refractivity contribution in [3.05, 3.63) is 0 Å². The maximum Gasteiger partial charge on any atom is 0.240 e. The van der Waals surface area contributed by atoms with E-state index in [1.165, 1.54) is 12.8 Å². The molecule has 0 bridgehead atoms. The topological polar surface area (TPSA) is 58.4 Å². The van der Waals surface area contributed by atoms with Crippen LogP contribution >= 0.6 is 0 Å². The molecular formula is C15H33N3O. The molecule has 0 rings (SSSR count). The van der Waals surface area contributed by atoms with Gasteiger partial charge in [-0.1, -0.05) is 27.7 Å². The average Bonchev–Trinajstić information content (AvgIpc) is 2.30. The summed E-state index contributed by atoms with van der Waals surface area (Å²) >= 11 is 0. The van der Waals surface area contributed by atoms with Crippen molar-refractivity contribution in [2.45, 2.75) is 54.4 Å². The number of nitrogens with two attached hydrogens (primary N) is 1. The highest BCUT2D eigenvalue weighted by atomic mass is 16.2. The molecule has 19 heavy (non-hydrogen) atoms. The number of amides is 1. The van der Waals surface area contributed by atoms with Gasteiger partial charge in [-0.3, -0.25) is 10.2 Å². The molecule has 0 aromatic heterocycles. The Hall–Kier alpha value is -0.610. The first-order chi connectivity index (χ1) is 8.69. The molecule has 1 amide bonds. The third-order valence-corrected chi connectivity index (χ3v) is 3.41. The Morgan fingerprint density at radius 3 is 1.84 bits per heavy atom. The average molecular weight is 271 g/mol. The zero-order valence-electron chi connectivity index (χ0n) is 13.6. The van der Waals surface area contributed by atoms with Gasteiger partial charge in [0.05, 0.1) is 5.41 Å². The van der Waals surface area contributed by atoms with Gasteiger partial charge in [0.15, 0.2) is 0 Å². The van der Waals surface area contributed by atoms with Crippen LogP contribution in [0, 0.1) is 17.3 Å². The quantitative estimate of drug-likeness (QED) is 0.384. The van der Waals surface area contributed by atoms with Crippen molar-refractivity contribution < 1.29 is 4.79 Å². The highest BCUT2D eigenvalue weighted by molar-refractivity contribution is 5.81. The summed E-state index contributed by atoms with van der Waals surface area (Å²) in [5.41, 5.74) is 1.83. The van der Waals surface area contributed by atoms with E-state index in [1.807, 2.05) is 13.8 Å². The van der Waals surface area contributed by atoms with E-state index in [1.54, 1.807) is 0 Å². The van der Waals surface area contributed by atoms with Crippen LogP contribution in [-0.2, 0) is 4.79 Å². The van der Waals surface area contributed by atoms with Gasteiger partial charge in [-0.05, 0) is 51.6 Å². The predicted molar refractivity (Wildman–Crippen MR) is 81.5 cm³/mol. The summed E-state index contributed by atoms with van der Waals surface area (Å²) in [6.45, 7) is 15.7. The molecule has 0 aliphatic carbocycles. The molecule has 0 atom stereocenters. The lowest BCUT2D eigenvalue weighted by molar-refractivity contribution is -0.130. The van der Waals surface area contributed by atoms with Crippen molar-refractivity contribution in [2.24, 2.45) is 23.1 Å². The maximum absolute atomic E-state index is 11.8. The first-order valence-electron chi connectivity index (χ1n) is 7.42. The Kier molecular flexibility index (Phi) is 8.26. The van der Waals surface area contributed by atoms with Gasteiger partial charge < -0.3 is 4.90 Å². The van der Waals surface area contributed by atoms with Crippen molar-refractivity contribution in [1.29, 1.82) is 0 Å². The summed E-state index contributed by atoms with van der Waals surface area (Å²) in [5, 5.41) is 0.